The fourth-order valence-corrected chi connectivity index (χ4v) is 5.96. The van der Waals surface area contributed by atoms with Crippen LogP contribution in [0, 0.1) is 13.8 Å². The van der Waals surface area contributed by atoms with Crippen molar-refractivity contribution in [2.24, 2.45) is 0 Å². The van der Waals surface area contributed by atoms with Gasteiger partial charge in [0, 0.05) is 30.1 Å². The van der Waals surface area contributed by atoms with Crippen LogP contribution in [0.2, 0.25) is 5.15 Å². The molecule has 4 aromatic rings. The van der Waals surface area contributed by atoms with Gasteiger partial charge in [-0.1, -0.05) is 35.9 Å². The second-order valence-electron chi connectivity index (χ2n) is 11.2. The van der Waals surface area contributed by atoms with Gasteiger partial charge >= 0.3 is 5.97 Å². The number of hydrogen-bond donors (Lipinski definition) is 2. The van der Waals surface area contributed by atoms with Gasteiger partial charge in [-0.3, -0.25) is 9.78 Å². The molecular formula is C32H39ClN6O3. The molecule has 1 aliphatic carbocycles. The molecule has 5 rings (SSSR count). The number of esters is 1. The van der Waals surface area contributed by atoms with Gasteiger partial charge in [-0.25, -0.2) is 4.98 Å². The van der Waals surface area contributed by atoms with E-state index in [0.29, 0.717) is 23.9 Å². The molecule has 1 aromatic carbocycles. The van der Waals surface area contributed by atoms with E-state index >= 15 is 0 Å². The number of aryl methyl sites for hydroxylation is 3. The number of ether oxygens (including phenoxy) is 2. The average Bonchev–Trinajstić information content (AvgIpc) is 3.60. The van der Waals surface area contributed by atoms with Gasteiger partial charge in [-0.15, -0.1) is 0 Å². The third-order valence-electron chi connectivity index (χ3n) is 8.09. The fraction of sp³-hybridized carbons (Fsp3) is 0.438. The Balaban J connectivity index is 1.26. The van der Waals surface area contributed by atoms with Gasteiger partial charge in [-0.05, 0) is 76.0 Å². The summed E-state index contributed by atoms with van der Waals surface area (Å²) in [6.07, 6.45) is 9.79. The van der Waals surface area contributed by atoms with Crippen LogP contribution in [0.1, 0.15) is 66.1 Å². The molecule has 0 saturated heterocycles. The van der Waals surface area contributed by atoms with E-state index in [2.05, 4.69) is 50.7 Å². The Kier molecular flexibility index (Phi) is 9.28. The first-order valence-electron chi connectivity index (χ1n) is 14.5. The zero-order valence-corrected chi connectivity index (χ0v) is 25.5. The van der Waals surface area contributed by atoms with Gasteiger partial charge in [0.25, 0.3) is 0 Å². The highest BCUT2D eigenvalue weighted by molar-refractivity contribution is 6.34. The summed E-state index contributed by atoms with van der Waals surface area (Å²) in [6, 6.07) is 8.09. The fourth-order valence-electron chi connectivity index (χ4n) is 5.67. The lowest BCUT2D eigenvalue weighted by atomic mass is 10.0. The standard InChI is InChI=1S/C32H39ClN6O3/c1-19-15-36-26(20(2)28(19)41-4)18-39-17-24(27-29(33)37-32(34)38-30(27)39)14-13-22-9-11-23(12-10-22)16-35-21(3)31(40)42-25-7-5-6-8-25/h9-12,15,17,21,25,35H,5-8,13-14,16,18H2,1-4H3,(H2,34,37,38)/t21-/m0/s1. The van der Waals surface area contributed by atoms with E-state index in [1.807, 2.05) is 31.5 Å². The van der Waals surface area contributed by atoms with Crippen LogP contribution in [0.3, 0.4) is 0 Å². The quantitative estimate of drug-likeness (QED) is 0.174. The first kappa shape index (κ1) is 29.8. The SMILES string of the molecule is COc1c(C)cnc(Cn2cc(CCc3ccc(CN[C@@H](C)C(=O)OC4CCCC4)cc3)c3c(Cl)nc(N)nc32)c1C. The summed E-state index contributed by atoms with van der Waals surface area (Å²) in [5.41, 5.74) is 12.9. The third kappa shape index (κ3) is 6.68. The molecule has 1 saturated carbocycles. The van der Waals surface area contributed by atoms with Crippen LogP contribution in [0.25, 0.3) is 11.0 Å². The Morgan fingerprint density at radius 1 is 1.14 bits per heavy atom. The number of methoxy groups -OCH3 is 1. The lowest BCUT2D eigenvalue weighted by molar-refractivity contribution is -0.150. The molecular weight excluding hydrogens is 552 g/mol. The summed E-state index contributed by atoms with van der Waals surface area (Å²) in [6.45, 7) is 6.95. The van der Waals surface area contributed by atoms with E-state index in [1.54, 1.807) is 7.11 Å². The molecule has 1 aliphatic rings. The number of fused-ring (bicyclic) bond motifs is 1. The zero-order valence-electron chi connectivity index (χ0n) is 24.7. The van der Waals surface area contributed by atoms with E-state index in [0.717, 1.165) is 77.6 Å². The van der Waals surface area contributed by atoms with E-state index in [-0.39, 0.29) is 24.1 Å². The number of anilines is 1. The number of aromatic nitrogens is 4. The zero-order chi connectivity index (χ0) is 29.8. The van der Waals surface area contributed by atoms with Gasteiger partial charge < -0.3 is 25.1 Å². The number of pyridine rings is 1. The molecule has 0 radical (unpaired) electrons. The molecule has 9 nitrogen and oxygen atoms in total. The van der Waals surface area contributed by atoms with Crippen molar-refractivity contribution in [3.8, 4) is 5.75 Å². The van der Waals surface area contributed by atoms with Crippen molar-refractivity contribution < 1.29 is 14.3 Å². The van der Waals surface area contributed by atoms with Crippen molar-refractivity contribution in [2.45, 2.75) is 84.5 Å². The molecule has 1 atom stereocenters. The summed E-state index contributed by atoms with van der Waals surface area (Å²) in [7, 11) is 1.67. The molecule has 0 amide bonds. The second kappa shape index (κ2) is 13.1. The predicted molar refractivity (Wildman–Crippen MR) is 165 cm³/mol. The second-order valence-corrected chi connectivity index (χ2v) is 11.5. The number of nitrogen functional groups attached to an aromatic ring is 1. The van der Waals surface area contributed by atoms with Crippen molar-refractivity contribution >= 4 is 34.6 Å². The van der Waals surface area contributed by atoms with E-state index in [9.17, 15) is 4.79 Å². The Morgan fingerprint density at radius 2 is 1.86 bits per heavy atom. The van der Waals surface area contributed by atoms with E-state index < -0.39 is 0 Å². The molecule has 3 heterocycles. The third-order valence-corrected chi connectivity index (χ3v) is 8.37. The Hall–Kier alpha value is -3.69. The van der Waals surface area contributed by atoms with Crippen molar-refractivity contribution in [1.29, 1.82) is 0 Å². The minimum Gasteiger partial charge on any atom is -0.496 e. The van der Waals surface area contributed by atoms with Crippen molar-refractivity contribution in [3.63, 3.8) is 0 Å². The van der Waals surface area contributed by atoms with Crippen molar-refractivity contribution in [2.75, 3.05) is 12.8 Å². The summed E-state index contributed by atoms with van der Waals surface area (Å²) in [5, 5.41) is 4.44. The number of nitrogens with one attached hydrogen (secondary N) is 1. The average molecular weight is 591 g/mol. The summed E-state index contributed by atoms with van der Waals surface area (Å²) in [5.74, 6) is 0.797. The molecule has 42 heavy (non-hydrogen) atoms. The molecule has 3 N–H and O–H groups in total. The summed E-state index contributed by atoms with van der Waals surface area (Å²) < 4.78 is 13.3. The van der Waals surface area contributed by atoms with Gasteiger partial charge in [0.05, 0.1) is 24.7 Å². The first-order valence-corrected chi connectivity index (χ1v) is 14.9. The minimum atomic E-state index is -0.344. The highest BCUT2D eigenvalue weighted by Crippen LogP contribution is 2.30. The smallest absolute Gasteiger partial charge is 0.323 e. The molecule has 0 unspecified atom stereocenters. The Morgan fingerprint density at radius 3 is 2.57 bits per heavy atom. The Bertz CT molecular complexity index is 1560. The number of nitrogens with two attached hydrogens (primary N) is 1. The maximum absolute atomic E-state index is 12.4. The molecule has 0 spiro atoms. The van der Waals surface area contributed by atoms with Gasteiger partial charge in [0.1, 0.15) is 28.7 Å². The van der Waals surface area contributed by atoms with Gasteiger partial charge in [-0.2, -0.15) is 4.98 Å². The van der Waals surface area contributed by atoms with Crippen LogP contribution < -0.4 is 15.8 Å². The molecule has 10 heteroatoms. The van der Waals surface area contributed by atoms with Gasteiger partial charge in [0.2, 0.25) is 5.95 Å². The number of rotatable bonds is 11. The molecule has 1 fully saturated rings. The predicted octanol–water partition coefficient (Wildman–Crippen LogP) is 5.48. The van der Waals surface area contributed by atoms with Crippen LogP contribution in [0.5, 0.6) is 5.75 Å². The number of hydrogen-bond acceptors (Lipinski definition) is 8. The van der Waals surface area contributed by atoms with E-state index in [1.165, 1.54) is 5.56 Å². The monoisotopic (exact) mass is 590 g/mol. The molecule has 0 bridgehead atoms. The lowest BCUT2D eigenvalue weighted by Crippen LogP contribution is -2.36. The van der Waals surface area contributed by atoms with Crippen LogP contribution in [0.15, 0.2) is 36.7 Å². The van der Waals surface area contributed by atoms with E-state index in [4.69, 9.17) is 26.8 Å². The number of benzene rings is 1. The molecule has 222 valence electrons. The highest BCUT2D eigenvalue weighted by atomic mass is 35.5. The van der Waals surface area contributed by atoms with Crippen LogP contribution in [-0.2, 0) is 35.5 Å². The number of carbonyl (C=O) groups excluding carboxylic acids is 1. The maximum Gasteiger partial charge on any atom is 0.323 e. The van der Waals surface area contributed by atoms with Crippen molar-refractivity contribution in [1.82, 2.24) is 24.8 Å². The lowest BCUT2D eigenvalue weighted by Gasteiger charge is -2.17. The van der Waals surface area contributed by atoms with Crippen LogP contribution in [0.4, 0.5) is 5.95 Å². The van der Waals surface area contributed by atoms with Gasteiger partial charge in [0.15, 0.2) is 0 Å². The number of halogens is 1. The maximum atomic E-state index is 12.4. The summed E-state index contributed by atoms with van der Waals surface area (Å²) >= 11 is 6.60. The Labute approximate surface area is 251 Å². The minimum absolute atomic E-state index is 0.0840. The first-order chi connectivity index (χ1) is 20.2. The topological polar surface area (TPSA) is 117 Å². The summed E-state index contributed by atoms with van der Waals surface area (Å²) in [4.78, 5) is 25.8. The van der Waals surface area contributed by atoms with Crippen molar-refractivity contribution in [3.05, 3.63) is 75.3 Å². The highest BCUT2D eigenvalue weighted by Gasteiger charge is 2.22. The number of carbonyl (C=O) groups is 1. The van der Waals surface area contributed by atoms with Crippen LogP contribution >= 0.6 is 11.6 Å². The number of nitrogens with zero attached hydrogens (tertiary/aromatic N) is 4. The molecule has 0 aliphatic heterocycles. The largest absolute Gasteiger partial charge is 0.496 e. The van der Waals surface area contributed by atoms with Crippen LogP contribution in [-0.4, -0.2) is 44.7 Å². The normalized spacial score (nSPS) is 14.4. The molecule has 3 aromatic heterocycles.